The molecule has 0 bridgehead atoms. The summed E-state index contributed by atoms with van der Waals surface area (Å²) >= 11 is 0. The maximum absolute atomic E-state index is 12.5. The normalized spacial score (nSPS) is 15.1. The second-order valence-electron chi connectivity index (χ2n) is 6.79. The Hall–Kier alpha value is -2.34. The van der Waals surface area contributed by atoms with Crippen molar-refractivity contribution in [2.75, 3.05) is 10.5 Å². The minimum Gasteiger partial charge on any atom is -0.478 e. The molecule has 1 aliphatic rings. The number of aromatic carboxylic acids is 1. The van der Waals surface area contributed by atoms with Gasteiger partial charge < -0.3 is 5.11 Å². The minimum atomic E-state index is -3.59. The van der Waals surface area contributed by atoms with E-state index in [-0.39, 0.29) is 17.0 Å². The Kier molecular flexibility index (Phi) is 5.61. The number of anilines is 1. The molecular formula is C20H23NO4S. The number of carboxylic acids is 1. The van der Waals surface area contributed by atoms with Gasteiger partial charge in [-0.3, -0.25) is 4.72 Å². The molecule has 138 valence electrons. The van der Waals surface area contributed by atoms with Crippen LogP contribution in [0, 0.1) is 5.92 Å². The second kappa shape index (κ2) is 7.91. The molecule has 0 amide bonds. The SMILES string of the molecule is O=C(O)c1ccc(-c2ccccc2)cc1NS(=O)(=O)CCC1CCCC1. The number of hydrogen-bond donors (Lipinski definition) is 2. The molecule has 0 aromatic heterocycles. The fraction of sp³-hybridized carbons (Fsp3) is 0.350. The smallest absolute Gasteiger partial charge is 0.337 e. The van der Waals surface area contributed by atoms with E-state index in [4.69, 9.17) is 0 Å². The number of sulfonamides is 1. The molecule has 2 aromatic rings. The summed E-state index contributed by atoms with van der Waals surface area (Å²) in [6.45, 7) is 0. The number of benzene rings is 2. The molecule has 26 heavy (non-hydrogen) atoms. The lowest BCUT2D eigenvalue weighted by atomic mass is 10.0. The molecule has 1 aliphatic carbocycles. The first-order valence-electron chi connectivity index (χ1n) is 8.88. The summed E-state index contributed by atoms with van der Waals surface area (Å²) in [5.74, 6) is -0.675. The average Bonchev–Trinajstić information content (AvgIpc) is 3.14. The number of hydrogen-bond acceptors (Lipinski definition) is 3. The third kappa shape index (κ3) is 4.64. The van der Waals surface area contributed by atoms with Gasteiger partial charge in [0.2, 0.25) is 10.0 Å². The van der Waals surface area contributed by atoms with Gasteiger partial charge in [-0.1, -0.05) is 62.1 Å². The quantitative estimate of drug-likeness (QED) is 0.755. The van der Waals surface area contributed by atoms with Crippen molar-refractivity contribution in [3.05, 3.63) is 54.1 Å². The second-order valence-corrected chi connectivity index (χ2v) is 8.63. The van der Waals surface area contributed by atoms with Gasteiger partial charge in [0.25, 0.3) is 0 Å². The first-order chi connectivity index (χ1) is 12.4. The highest BCUT2D eigenvalue weighted by Gasteiger charge is 2.21. The van der Waals surface area contributed by atoms with E-state index in [1.807, 2.05) is 30.3 Å². The van der Waals surface area contributed by atoms with E-state index in [9.17, 15) is 18.3 Å². The van der Waals surface area contributed by atoms with Gasteiger partial charge in [0.15, 0.2) is 0 Å². The summed E-state index contributed by atoms with van der Waals surface area (Å²) in [6.07, 6.45) is 5.12. The van der Waals surface area contributed by atoms with Crippen molar-refractivity contribution in [2.24, 2.45) is 5.92 Å². The minimum absolute atomic E-state index is 0.0201. The molecule has 0 spiro atoms. The average molecular weight is 373 g/mol. The molecule has 1 saturated carbocycles. The summed E-state index contributed by atoms with van der Waals surface area (Å²) < 4.78 is 27.4. The molecule has 1 fully saturated rings. The molecule has 3 rings (SSSR count). The third-order valence-electron chi connectivity index (χ3n) is 4.89. The molecule has 0 heterocycles. The highest BCUT2D eigenvalue weighted by atomic mass is 32.2. The Bertz CT molecular complexity index is 872. The number of carboxylic acid groups (broad SMARTS) is 1. The van der Waals surface area contributed by atoms with E-state index in [1.54, 1.807) is 12.1 Å². The topological polar surface area (TPSA) is 83.5 Å². The van der Waals surface area contributed by atoms with E-state index in [0.29, 0.717) is 12.3 Å². The van der Waals surface area contributed by atoms with Gasteiger partial charge in [-0.05, 0) is 35.6 Å². The van der Waals surface area contributed by atoms with Crippen molar-refractivity contribution in [3.63, 3.8) is 0 Å². The summed E-state index contributed by atoms with van der Waals surface area (Å²) in [6, 6.07) is 14.2. The maximum Gasteiger partial charge on any atom is 0.337 e. The third-order valence-corrected chi connectivity index (χ3v) is 6.20. The Labute approximate surface area is 154 Å². The Morgan fingerprint density at radius 1 is 1.04 bits per heavy atom. The fourth-order valence-corrected chi connectivity index (χ4v) is 4.71. The van der Waals surface area contributed by atoms with Crippen LogP contribution in [0.2, 0.25) is 0 Å². The van der Waals surface area contributed by atoms with Crippen LogP contribution in [0.4, 0.5) is 5.69 Å². The monoisotopic (exact) mass is 373 g/mol. The summed E-state index contributed by atoms with van der Waals surface area (Å²) in [7, 11) is -3.59. The molecular weight excluding hydrogens is 350 g/mol. The van der Waals surface area contributed by atoms with Crippen LogP contribution in [0.3, 0.4) is 0 Å². The molecule has 0 radical (unpaired) electrons. The van der Waals surface area contributed by atoms with Crippen LogP contribution >= 0.6 is 0 Å². The van der Waals surface area contributed by atoms with E-state index in [1.165, 1.54) is 18.9 Å². The fourth-order valence-electron chi connectivity index (χ4n) is 3.46. The summed E-state index contributed by atoms with van der Waals surface area (Å²) in [5, 5.41) is 9.39. The first-order valence-corrected chi connectivity index (χ1v) is 10.5. The molecule has 2 N–H and O–H groups in total. The van der Waals surface area contributed by atoms with Crippen LogP contribution in [0.15, 0.2) is 48.5 Å². The van der Waals surface area contributed by atoms with E-state index >= 15 is 0 Å². The van der Waals surface area contributed by atoms with Crippen LogP contribution in [0.25, 0.3) is 11.1 Å². The van der Waals surface area contributed by atoms with Crippen LogP contribution in [0.5, 0.6) is 0 Å². The van der Waals surface area contributed by atoms with Gasteiger partial charge in [-0.15, -0.1) is 0 Å². The zero-order chi connectivity index (χ0) is 18.6. The maximum atomic E-state index is 12.5. The molecule has 5 nitrogen and oxygen atoms in total. The van der Waals surface area contributed by atoms with Gasteiger partial charge in [-0.2, -0.15) is 0 Å². The van der Waals surface area contributed by atoms with Crippen molar-refractivity contribution in [1.29, 1.82) is 0 Å². The highest BCUT2D eigenvalue weighted by molar-refractivity contribution is 7.92. The predicted molar refractivity (Wildman–Crippen MR) is 103 cm³/mol. The first kappa shape index (κ1) is 18.5. The standard InChI is InChI=1S/C20H23NO4S/c22-20(23)18-11-10-17(16-8-2-1-3-9-16)14-19(18)21-26(24,25)13-12-15-6-4-5-7-15/h1-3,8-11,14-15,21H,4-7,12-13H2,(H,22,23). The highest BCUT2D eigenvalue weighted by Crippen LogP contribution is 2.29. The largest absolute Gasteiger partial charge is 0.478 e. The van der Waals surface area contributed by atoms with Crippen molar-refractivity contribution < 1.29 is 18.3 Å². The lowest BCUT2D eigenvalue weighted by Gasteiger charge is -2.14. The van der Waals surface area contributed by atoms with Crippen molar-refractivity contribution in [1.82, 2.24) is 0 Å². The molecule has 0 atom stereocenters. The van der Waals surface area contributed by atoms with Crippen molar-refractivity contribution in [2.45, 2.75) is 32.1 Å². The van der Waals surface area contributed by atoms with Crippen molar-refractivity contribution in [3.8, 4) is 11.1 Å². The molecule has 2 aromatic carbocycles. The molecule has 0 saturated heterocycles. The van der Waals surface area contributed by atoms with Gasteiger partial charge in [0.05, 0.1) is 17.0 Å². The van der Waals surface area contributed by atoms with Gasteiger partial charge in [-0.25, -0.2) is 13.2 Å². The molecule has 6 heteroatoms. The predicted octanol–water partition coefficient (Wildman–Crippen LogP) is 4.37. The zero-order valence-electron chi connectivity index (χ0n) is 14.5. The Morgan fingerprint density at radius 2 is 1.73 bits per heavy atom. The molecule has 0 unspecified atom stereocenters. The number of carbonyl (C=O) groups is 1. The van der Waals surface area contributed by atoms with Crippen molar-refractivity contribution >= 4 is 21.7 Å². The van der Waals surface area contributed by atoms with E-state index in [2.05, 4.69) is 4.72 Å². The van der Waals surface area contributed by atoms with Crippen LogP contribution in [-0.4, -0.2) is 25.2 Å². The number of rotatable bonds is 7. The van der Waals surface area contributed by atoms with Crippen LogP contribution < -0.4 is 4.72 Å². The van der Waals surface area contributed by atoms with Crippen LogP contribution in [-0.2, 0) is 10.0 Å². The number of nitrogens with one attached hydrogen (secondary N) is 1. The van der Waals surface area contributed by atoms with Gasteiger partial charge in [0, 0.05) is 0 Å². The lowest BCUT2D eigenvalue weighted by molar-refractivity contribution is 0.0698. The zero-order valence-corrected chi connectivity index (χ0v) is 15.3. The van der Waals surface area contributed by atoms with Gasteiger partial charge in [0.1, 0.15) is 0 Å². The van der Waals surface area contributed by atoms with E-state index in [0.717, 1.165) is 24.0 Å². The van der Waals surface area contributed by atoms with Gasteiger partial charge >= 0.3 is 5.97 Å². The van der Waals surface area contributed by atoms with Crippen LogP contribution in [0.1, 0.15) is 42.5 Å². The lowest BCUT2D eigenvalue weighted by Crippen LogP contribution is -2.20. The summed E-state index contributed by atoms with van der Waals surface area (Å²) in [5.41, 5.74) is 1.74. The Morgan fingerprint density at radius 3 is 2.38 bits per heavy atom. The Balaban J connectivity index is 1.83. The van der Waals surface area contributed by atoms with E-state index < -0.39 is 16.0 Å². The summed E-state index contributed by atoms with van der Waals surface area (Å²) in [4.78, 5) is 11.5. The molecule has 0 aliphatic heterocycles.